The maximum absolute atomic E-state index is 13.6. The summed E-state index contributed by atoms with van der Waals surface area (Å²) in [6, 6.07) is 10.1. The summed E-state index contributed by atoms with van der Waals surface area (Å²) < 4.78 is 15.6. The van der Waals surface area contributed by atoms with Gasteiger partial charge in [0, 0.05) is 31.7 Å². The summed E-state index contributed by atoms with van der Waals surface area (Å²) in [6.07, 6.45) is 8.52. The molecule has 4 aromatic rings. The Balaban J connectivity index is 1.59. The van der Waals surface area contributed by atoms with Crippen molar-refractivity contribution < 1.29 is 24.2 Å². The first-order valence-corrected chi connectivity index (χ1v) is 14.4. The third-order valence-corrected chi connectivity index (χ3v) is 7.38. The second-order valence-corrected chi connectivity index (χ2v) is 10.8. The van der Waals surface area contributed by atoms with Crippen LogP contribution in [0.1, 0.15) is 56.6 Å². The van der Waals surface area contributed by atoms with E-state index in [4.69, 9.17) is 9.47 Å². The molecule has 5 rings (SSSR count). The molecule has 4 heterocycles. The Morgan fingerprint density at radius 3 is 2.64 bits per heavy atom. The molecule has 1 saturated heterocycles. The number of aromatic nitrogens is 4. The first kappa shape index (κ1) is 28.9. The molecule has 1 amide bonds. The van der Waals surface area contributed by atoms with Crippen LogP contribution in [0.2, 0.25) is 0 Å². The van der Waals surface area contributed by atoms with Gasteiger partial charge in [0.2, 0.25) is 0 Å². The Morgan fingerprint density at radius 2 is 1.90 bits per heavy atom. The fourth-order valence-corrected chi connectivity index (χ4v) is 5.31. The van der Waals surface area contributed by atoms with Gasteiger partial charge in [0.1, 0.15) is 11.3 Å². The van der Waals surface area contributed by atoms with Crippen molar-refractivity contribution in [2.45, 2.75) is 53.1 Å². The van der Waals surface area contributed by atoms with E-state index in [0.717, 1.165) is 6.42 Å². The summed E-state index contributed by atoms with van der Waals surface area (Å²) in [5.74, 6) is -0.0500. The molecule has 1 fully saturated rings. The minimum Gasteiger partial charge on any atom is -0.505 e. The Bertz CT molecular complexity index is 1600. The van der Waals surface area contributed by atoms with Crippen molar-refractivity contribution in [3.63, 3.8) is 0 Å². The molecule has 0 radical (unpaired) electrons. The minimum atomic E-state index is -0.828. The molecular weight excluding hydrogens is 534 g/mol. The normalized spacial score (nSPS) is 16.6. The maximum Gasteiger partial charge on any atom is 0.295 e. The van der Waals surface area contributed by atoms with E-state index in [-0.39, 0.29) is 11.3 Å². The number of aliphatic hydroxyl groups is 1. The maximum atomic E-state index is 13.6. The number of carbonyl (C=O) groups excluding carboxylic acids is 2. The lowest BCUT2D eigenvalue weighted by Crippen LogP contribution is -2.31. The second kappa shape index (κ2) is 12.5. The van der Waals surface area contributed by atoms with E-state index in [9.17, 15) is 14.7 Å². The molecule has 0 bridgehead atoms. The van der Waals surface area contributed by atoms with Crippen molar-refractivity contribution in [3.05, 3.63) is 83.8 Å². The number of amides is 1. The van der Waals surface area contributed by atoms with Gasteiger partial charge in [-0.25, -0.2) is 9.97 Å². The number of hydrogen-bond donors (Lipinski definition) is 1. The number of aryl methyl sites for hydroxylation is 2. The van der Waals surface area contributed by atoms with Crippen LogP contribution in [0.15, 0.2) is 66.9 Å². The molecular formula is C32H37N5O5. The highest BCUT2D eigenvalue weighted by molar-refractivity contribution is 6.46. The van der Waals surface area contributed by atoms with E-state index in [1.165, 1.54) is 4.90 Å². The van der Waals surface area contributed by atoms with E-state index in [1.807, 2.05) is 54.1 Å². The van der Waals surface area contributed by atoms with Gasteiger partial charge in [0.15, 0.2) is 17.3 Å². The highest BCUT2D eigenvalue weighted by atomic mass is 16.5. The first-order chi connectivity index (χ1) is 20.3. The number of pyridine rings is 1. The number of ether oxygens (including phenoxy) is 2. The minimum absolute atomic E-state index is 0.0207. The Hall–Kier alpha value is -4.60. The van der Waals surface area contributed by atoms with Gasteiger partial charge in [-0.3, -0.25) is 14.0 Å². The summed E-state index contributed by atoms with van der Waals surface area (Å²) in [7, 11) is 0. The average Bonchev–Trinajstić information content (AvgIpc) is 3.66. The number of benzene rings is 1. The number of Topliss-reactive ketones (excluding diaryl/α,β-unsaturated/α-hetero) is 1. The number of nitrogens with zero attached hydrogens (tertiary/aromatic N) is 5. The highest BCUT2D eigenvalue weighted by Crippen LogP contribution is 2.42. The van der Waals surface area contributed by atoms with Gasteiger partial charge in [-0.05, 0) is 62.4 Å². The zero-order valence-electron chi connectivity index (χ0n) is 24.5. The van der Waals surface area contributed by atoms with Crippen molar-refractivity contribution in [1.29, 1.82) is 0 Å². The molecule has 1 unspecified atom stereocenters. The van der Waals surface area contributed by atoms with Crippen LogP contribution >= 0.6 is 0 Å². The Morgan fingerprint density at radius 1 is 1.07 bits per heavy atom. The molecule has 1 aliphatic heterocycles. The number of aliphatic hydroxyl groups excluding tert-OH is 1. The lowest BCUT2D eigenvalue weighted by atomic mass is 9.95. The molecule has 1 aliphatic rings. The quantitative estimate of drug-likeness (QED) is 0.142. The fourth-order valence-electron chi connectivity index (χ4n) is 5.31. The van der Waals surface area contributed by atoms with Gasteiger partial charge in [-0.1, -0.05) is 26.0 Å². The van der Waals surface area contributed by atoms with Gasteiger partial charge in [0.25, 0.3) is 11.7 Å². The SMILES string of the molecule is CCOc1cc(C2C(=C(O)c3c(C)nc4ccccn34)C(=O)C(=O)N2CCCn2ccnc2)ccc1OCCC(C)C. The number of carbonyl (C=O) groups is 2. The van der Waals surface area contributed by atoms with Crippen LogP contribution in [0.4, 0.5) is 0 Å². The number of ketones is 1. The van der Waals surface area contributed by atoms with Gasteiger partial charge in [-0.2, -0.15) is 0 Å². The molecule has 1 N–H and O–H groups in total. The summed E-state index contributed by atoms with van der Waals surface area (Å²) in [6.45, 7) is 9.80. The molecule has 0 aliphatic carbocycles. The van der Waals surface area contributed by atoms with Gasteiger partial charge in [-0.15, -0.1) is 0 Å². The average molecular weight is 572 g/mol. The van der Waals surface area contributed by atoms with E-state index < -0.39 is 17.7 Å². The van der Waals surface area contributed by atoms with E-state index in [2.05, 4.69) is 23.8 Å². The van der Waals surface area contributed by atoms with E-state index in [0.29, 0.717) is 72.7 Å². The van der Waals surface area contributed by atoms with E-state index >= 15 is 0 Å². The van der Waals surface area contributed by atoms with Crippen molar-refractivity contribution in [1.82, 2.24) is 23.8 Å². The van der Waals surface area contributed by atoms with Crippen LogP contribution in [-0.4, -0.2) is 60.4 Å². The summed E-state index contributed by atoms with van der Waals surface area (Å²) in [5.41, 5.74) is 2.22. The molecule has 220 valence electrons. The standard InChI is InChI=1S/C32H37N5O5/c1-5-41-25-19-23(10-11-24(25)42-18-12-21(2)3)29-27(30(38)28-22(4)34-26-9-6-7-15-36(26)28)31(39)32(40)37(29)16-8-14-35-17-13-33-20-35/h6-7,9-11,13,15,17,19-21,29,38H,5,8,12,14,16,18H2,1-4H3. The lowest BCUT2D eigenvalue weighted by Gasteiger charge is -2.26. The van der Waals surface area contributed by atoms with Gasteiger partial charge in [0.05, 0.1) is 36.8 Å². The smallest absolute Gasteiger partial charge is 0.295 e. The van der Waals surface area contributed by atoms with Gasteiger partial charge < -0.3 is 24.0 Å². The first-order valence-electron chi connectivity index (χ1n) is 14.4. The predicted octanol–water partition coefficient (Wildman–Crippen LogP) is 5.17. The van der Waals surface area contributed by atoms with Crippen molar-refractivity contribution in [2.75, 3.05) is 19.8 Å². The Labute approximate surface area is 245 Å². The van der Waals surface area contributed by atoms with E-state index in [1.54, 1.807) is 30.0 Å². The molecule has 1 aromatic carbocycles. The summed E-state index contributed by atoms with van der Waals surface area (Å²) >= 11 is 0. The van der Waals surface area contributed by atoms with Crippen LogP contribution < -0.4 is 9.47 Å². The highest BCUT2D eigenvalue weighted by Gasteiger charge is 2.46. The molecule has 0 saturated carbocycles. The monoisotopic (exact) mass is 571 g/mol. The largest absolute Gasteiger partial charge is 0.505 e. The van der Waals surface area contributed by atoms with Crippen LogP contribution in [0.5, 0.6) is 11.5 Å². The van der Waals surface area contributed by atoms with Crippen LogP contribution in [0.25, 0.3) is 11.4 Å². The number of imidazole rings is 2. The van der Waals surface area contributed by atoms with Gasteiger partial charge >= 0.3 is 0 Å². The van der Waals surface area contributed by atoms with Crippen molar-refractivity contribution >= 4 is 23.1 Å². The third-order valence-electron chi connectivity index (χ3n) is 7.38. The molecule has 0 spiro atoms. The fraction of sp³-hybridized carbons (Fsp3) is 0.375. The molecule has 10 nitrogen and oxygen atoms in total. The molecule has 3 aromatic heterocycles. The topological polar surface area (TPSA) is 111 Å². The third kappa shape index (κ3) is 5.74. The molecule has 10 heteroatoms. The summed E-state index contributed by atoms with van der Waals surface area (Å²) in [5, 5.41) is 11.7. The van der Waals surface area contributed by atoms with Crippen molar-refractivity contribution in [3.8, 4) is 11.5 Å². The second-order valence-electron chi connectivity index (χ2n) is 10.8. The van der Waals surface area contributed by atoms with Crippen LogP contribution in [0.3, 0.4) is 0 Å². The Kier molecular flexibility index (Phi) is 8.61. The van der Waals surface area contributed by atoms with Crippen LogP contribution in [0, 0.1) is 12.8 Å². The molecule has 42 heavy (non-hydrogen) atoms. The predicted molar refractivity (Wildman–Crippen MR) is 158 cm³/mol. The molecule has 1 atom stereocenters. The van der Waals surface area contributed by atoms with Crippen molar-refractivity contribution in [2.24, 2.45) is 5.92 Å². The zero-order valence-corrected chi connectivity index (χ0v) is 24.5. The lowest BCUT2D eigenvalue weighted by molar-refractivity contribution is -0.139. The number of rotatable bonds is 12. The number of fused-ring (bicyclic) bond motifs is 1. The van der Waals surface area contributed by atoms with Crippen LogP contribution in [-0.2, 0) is 16.1 Å². The number of hydrogen-bond acceptors (Lipinski definition) is 7. The number of likely N-dealkylation sites (tertiary alicyclic amines) is 1. The summed E-state index contributed by atoms with van der Waals surface area (Å²) in [4.78, 5) is 37.3. The zero-order chi connectivity index (χ0) is 29.8.